The molecule has 19 heavy (non-hydrogen) atoms. The molecule has 100 valence electrons. The normalized spacial score (nSPS) is 18.9. The molecule has 1 atom stereocenters. The third kappa shape index (κ3) is 3.33. The Balaban J connectivity index is 2.09. The van der Waals surface area contributed by atoms with Crippen molar-refractivity contribution in [3.63, 3.8) is 0 Å². The molecule has 0 spiro atoms. The molecular formula is C12H10BrClN2O3. The summed E-state index contributed by atoms with van der Waals surface area (Å²) in [5, 5.41) is 5.03. The van der Waals surface area contributed by atoms with E-state index in [4.69, 9.17) is 11.6 Å². The van der Waals surface area contributed by atoms with Crippen molar-refractivity contribution >= 4 is 45.3 Å². The topological polar surface area (TPSA) is 75.3 Å². The average Bonchev–Trinajstić information content (AvgIpc) is 2.32. The van der Waals surface area contributed by atoms with Gasteiger partial charge in [-0.2, -0.15) is 0 Å². The lowest BCUT2D eigenvalue weighted by atomic mass is 10.1. The number of imide groups is 1. The molecule has 0 saturated carbocycles. The van der Waals surface area contributed by atoms with E-state index in [0.717, 1.165) is 4.47 Å². The fourth-order valence-corrected chi connectivity index (χ4v) is 2.50. The number of carbonyl (C=O) groups is 3. The second-order valence-corrected chi connectivity index (χ2v) is 5.42. The molecule has 0 aliphatic carbocycles. The van der Waals surface area contributed by atoms with Gasteiger partial charge < -0.3 is 5.32 Å². The highest BCUT2D eigenvalue weighted by Crippen LogP contribution is 2.21. The summed E-state index contributed by atoms with van der Waals surface area (Å²) in [6, 6.07) is 4.14. The number of hydrogen-bond donors (Lipinski definition) is 2. The van der Waals surface area contributed by atoms with E-state index in [1.54, 1.807) is 18.2 Å². The van der Waals surface area contributed by atoms with Crippen molar-refractivity contribution in [1.82, 2.24) is 10.6 Å². The molecule has 0 bridgehead atoms. The summed E-state index contributed by atoms with van der Waals surface area (Å²) in [5.41, 5.74) is 0.287. The van der Waals surface area contributed by atoms with Crippen molar-refractivity contribution < 1.29 is 14.4 Å². The third-order valence-electron chi connectivity index (χ3n) is 2.72. The van der Waals surface area contributed by atoms with Crippen LogP contribution in [0.3, 0.4) is 0 Å². The maximum Gasteiger partial charge on any atom is 0.253 e. The minimum Gasteiger partial charge on any atom is -0.340 e. The first kappa shape index (κ1) is 14.0. The van der Waals surface area contributed by atoms with Gasteiger partial charge >= 0.3 is 0 Å². The molecule has 2 rings (SSSR count). The molecule has 1 heterocycles. The molecule has 1 fully saturated rings. The van der Waals surface area contributed by atoms with Crippen molar-refractivity contribution in [1.29, 1.82) is 0 Å². The van der Waals surface area contributed by atoms with Crippen molar-refractivity contribution in [3.05, 3.63) is 33.3 Å². The zero-order valence-electron chi connectivity index (χ0n) is 9.70. The first-order valence-corrected chi connectivity index (χ1v) is 6.74. The van der Waals surface area contributed by atoms with E-state index in [2.05, 4.69) is 26.6 Å². The largest absolute Gasteiger partial charge is 0.340 e. The number of carbonyl (C=O) groups excluding carboxylic acids is 3. The molecule has 1 aromatic carbocycles. The van der Waals surface area contributed by atoms with Gasteiger partial charge in [0, 0.05) is 10.9 Å². The Morgan fingerprint density at radius 3 is 2.79 bits per heavy atom. The van der Waals surface area contributed by atoms with Gasteiger partial charge in [-0.25, -0.2) is 0 Å². The highest BCUT2D eigenvalue weighted by Gasteiger charge is 2.28. The second-order valence-electron chi connectivity index (χ2n) is 4.10. The minimum absolute atomic E-state index is 0.213. The maximum absolute atomic E-state index is 12.0. The van der Waals surface area contributed by atoms with Crippen molar-refractivity contribution in [3.8, 4) is 0 Å². The summed E-state index contributed by atoms with van der Waals surface area (Å²) in [5.74, 6) is -1.25. The quantitative estimate of drug-likeness (QED) is 0.800. The monoisotopic (exact) mass is 344 g/mol. The first-order chi connectivity index (χ1) is 8.97. The summed E-state index contributed by atoms with van der Waals surface area (Å²) in [6.45, 7) is 0. The van der Waals surface area contributed by atoms with Gasteiger partial charge in [-0.15, -0.1) is 0 Å². The van der Waals surface area contributed by atoms with Gasteiger partial charge in [0.15, 0.2) is 0 Å². The molecular weight excluding hydrogens is 336 g/mol. The lowest BCUT2D eigenvalue weighted by Gasteiger charge is -2.22. The van der Waals surface area contributed by atoms with Gasteiger partial charge in [-0.05, 0) is 24.6 Å². The Bertz CT molecular complexity index is 562. The highest BCUT2D eigenvalue weighted by molar-refractivity contribution is 9.10. The van der Waals surface area contributed by atoms with E-state index in [1.807, 2.05) is 0 Å². The van der Waals surface area contributed by atoms with Crippen LogP contribution in [-0.4, -0.2) is 23.8 Å². The Kier molecular flexibility index (Phi) is 4.21. The molecule has 0 aromatic heterocycles. The molecule has 7 heteroatoms. The molecule has 0 radical (unpaired) electrons. The van der Waals surface area contributed by atoms with Gasteiger partial charge in [0.25, 0.3) is 5.91 Å². The average molecular weight is 346 g/mol. The molecule has 1 aliphatic heterocycles. The first-order valence-electron chi connectivity index (χ1n) is 5.57. The van der Waals surface area contributed by atoms with Crippen molar-refractivity contribution in [2.24, 2.45) is 0 Å². The van der Waals surface area contributed by atoms with E-state index < -0.39 is 17.9 Å². The molecule has 1 unspecified atom stereocenters. The van der Waals surface area contributed by atoms with E-state index in [1.165, 1.54) is 0 Å². The summed E-state index contributed by atoms with van der Waals surface area (Å²) in [4.78, 5) is 34.5. The van der Waals surface area contributed by atoms with E-state index in [9.17, 15) is 14.4 Å². The number of benzene rings is 1. The standard InChI is InChI=1S/C12H10BrClN2O3/c13-6-1-2-7(8(14)5-6)11(18)15-9-3-4-10(17)16-12(9)19/h1-2,5,9H,3-4H2,(H,15,18)(H,16,17,19). The van der Waals surface area contributed by atoms with Gasteiger partial charge in [0.2, 0.25) is 11.8 Å². The number of halogens is 2. The summed E-state index contributed by atoms with van der Waals surface area (Å²) in [7, 11) is 0. The van der Waals surface area contributed by atoms with Crippen LogP contribution >= 0.6 is 27.5 Å². The van der Waals surface area contributed by atoms with E-state index in [0.29, 0.717) is 11.4 Å². The Labute approximate surface area is 122 Å². The summed E-state index contributed by atoms with van der Waals surface area (Å²) < 4.78 is 0.759. The molecule has 1 saturated heterocycles. The fraction of sp³-hybridized carbons (Fsp3) is 0.250. The van der Waals surface area contributed by atoms with Crippen LogP contribution in [0.1, 0.15) is 23.2 Å². The second kappa shape index (κ2) is 5.71. The van der Waals surface area contributed by atoms with Crippen LogP contribution in [0.2, 0.25) is 5.02 Å². The maximum atomic E-state index is 12.0. The summed E-state index contributed by atoms with van der Waals surface area (Å²) in [6.07, 6.45) is 0.509. The van der Waals surface area contributed by atoms with Crippen LogP contribution in [0.15, 0.2) is 22.7 Å². The van der Waals surface area contributed by atoms with Crippen LogP contribution in [0.25, 0.3) is 0 Å². The van der Waals surface area contributed by atoms with Crippen molar-refractivity contribution in [2.45, 2.75) is 18.9 Å². The minimum atomic E-state index is -0.704. The fourth-order valence-electron chi connectivity index (χ4n) is 1.74. The zero-order valence-corrected chi connectivity index (χ0v) is 12.0. The Hall–Kier alpha value is -1.40. The number of amides is 3. The third-order valence-corrected chi connectivity index (χ3v) is 3.53. The van der Waals surface area contributed by atoms with Crippen LogP contribution in [0.5, 0.6) is 0 Å². The van der Waals surface area contributed by atoms with Crippen LogP contribution < -0.4 is 10.6 Å². The van der Waals surface area contributed by atoms with E-state index in [-0.39, 0.29) is 17.9 Å². The number of hydrogen-bond acceptors (Lipinski definition) is 3. The van der Waals surface area contributed by atoms with Gasteiger partial charge in [-0.1, -0.05) is 27.5 Å². The summed E-state index contributed by atoms with van der Waals surface area (Å²) >= 11 is 9.20. The highest BCUT2D eigenvalue weighted by atomic mass is 79.9. The lowest BCUT2D eigenvalue weighted by molar-refractivity contribution is -0.134. The number of nitrogens with one attached hydrogen (secondary N) is 2. The van der Waals surface area contributed by atoms with E-state index >= 15 is 0 Å². The molecule has 1 aromatic rings. The smallest absolute Gasteiger partial charge is 0.253 e. The molecule has 1 aliphatic rings. The zero-order chi connectivity index (χ0) is 14.0. The molecule has 5 nitrogen and oxygen atoms in total. The Morgan fingerprint density at radius 1 is 1.42 bits per heavy atom. The lowest BCUT2D eigenvalue weighted by Crippen LogP contribution is -2.52. The Morgan fingerprint density at radius 2 is 2.16 bits per heavy atom. The van der Waals surface area contributed by atoms with Crippen LogP contribution in [0, 0.1) is 0 Å². The predicted molar refractivity (Wildman–Crippen MR) is 72.8 cm³/mol. The van der Waals surface area contributed by atoms with Gasteiger partial charge in [0.05, 0.1) is 10.6 Å². The predicted octanol–water partition coefficient (Wildman–Crippen LogP) is 1.64. The SMILES string of the molecule is O=C1CCC(NC(=O)c2ccc(Br)cc2Cl)C(=O)N1. The number of rotatable bonds is 2. The molecule has 2 N–H and O–H groups in total. The van der Waals surface area contributed by atoms with Gasteiger partial charge in [0.1, 0.15) is 6.04 Å². The van der Waals surface area contributed by atoms with Crippen molar-refractivity contribution in [2.75, 3.05) is 0 Å². The molecule has 3 amide bonds. The van der Waals surface area contributed by atoms with Gasteiger partial charge in [-0.3, -0.25) is 19.7 Å². The van der Waals surface area contributed by atoms with Crippen LogP contribution in [-0.2, 0) is 9.59 Å². The van der Waals surface area contributed by atoms with Crippen LogP contribution in [0.4, 0.5) is 0 Å². The number of piperidine rings is 1.